The van der Waals surface area contributed by atoms with E-state index in [-0.39, 0.29) is 18.3 Å². The second kappa shape index (κ2) is 5.30. The first-order chi connectivity index (χ1) is 7.58. The van der Waals surface area contributed by atoms with Gasteiger partial charge >= 0.3 is 5.97 Å². The van der Waals surface area contributed by atoms with Crippen LogP contribution in [0.2, 0.25) is 0 Å². The van der Waals surface area contributed by atoms with E-state index in [0.717, 1.165) is 5.69 Å². The summed E-state index contributed by atoms with van der Waals surface area (Å²) in [5, 5.41) is 0. The van der Waals surface area contributed by atoms with Gasteiger partial charge in [0.2, 0.25) is 0 Å². The average molecular weight is 223 g/mol. The summed E-state index contributed by atoms with van der Waals surface area (Å²) in [5.74, 6) is -0.674. The molecule has 0 fully saturated rings. The van der Waals surface area contributed by atoms with Crippen molar-refractivity contribution in [1.82, 2.24) is 0 Å². The van der Waals surface area contributed by atoms with Gasteiger partial charge in [0, 0.05) is 18.3 Å². The predicted octanol–water partition coefficient (Wildman–Crippen LogP) is 2.08. The van der Waals surface area contributed by atoms with Crippen LogP contribution in [0.3, 0.4) is 0 Å². The van der Waals surface area contributed by atoms with E-state index in [0.29, 0.717) is 5.56 Å². The highest BCUT2D eigenvalue weighted by molar-refractivity contribution is 5.77. The van der Waals surface area contributed by atoms with Gasteiger partial charge < -0.3 is 9.64 Å². The van der Waals surface area contributed by atoms with Gasteiger partial charge in [-0.1, -0.05) is 12.7 Å². The van der Waals surface area contributed by atoms with Crippen molar-refractivity contribution in [1.29, 1.82) is 0 Å². The van der Waals surface area contributed by atoms with Crippen LogP contribution in [-0.2, 0) is 9.53 Å². The molecule has 0 radical (unpaired) electrons. The summed E-state index contributed by atoms with van der Waals surface area (Å²) in [7, 11) is 3.06. The molecule has 0 heterocycles. The Balaban J connectivity index is 2.94. The summed E-state index contributed by atoms with van der Waals surface area (Å²) in [6, 6.07) is 4.32. The summed E-state index contributed by atoms with van der Waals surface area (Å²) in [6.45, 7) is 3.72. The number of carbonyl (C=O) groups excluding carboxylic acids is 1. The SMILES string of the molecule is C=Cc1cc(F)ccc1N(C)CC(=O)OC. The van der Waals surface area contributed by atoms with E-state index < -0.39 is 0 Å². The molecule has 0 saturated heterocycles. The van der Waals surface area contributed by atoms with E-state index in [4.69, 9.17) is 0 Å². The lowest BCUT2D eigenvalue weighted by molar-refractivity contribution is -0.138. The Bertz CT molecular complexity index is 404. The smallest absolute Gasteiger partial charge is 0.325 e. The summed E-state index contributed by atoms with van der Waals surface area (Å²) < 4.78 is 17.5. The summed E-state index contributed by atoms with van der Waals surface area (Å²) in [6.07, 6.45) is 1.55. The van der Waals surface area contributed by atoms with Crippen molar-refractivity contribution in [2.24, 2.45) is 0 Å². The number of rotatable bonds is 4. The Labute approximate surface area is 94.1 Å². The van der Waals surface area contributed by atoms with Crippen LogP contribution in [0.4, 0.5) is 10.1 Å². The molecular formula is C12H14FNO2. The zero-order chi connectivity index (χ0) is 12.1. The first kappa shape index (κ1) is 12.2. The second-order valence-electron chi connectivity index (χ2n) is 3.34. The molecule has 0 atom stereocenters. The normalized spacial score (nSPS) is 9.69. The molecule has 0 aromatic heterocycles. The monoisotopic (exact) mass is 223 g/mol. The fraction of sp³-hybridized carbons (Fsp3) is 0.250. The third kappa shape index (κ3) is 2.82. The lowest BCUT2D eigenvalue weighted by Crippen LogP contribution is -2.26. The number of carbonyl (C=O) groups is 1. The van der Waals surface area contributed by atoms with Gasteiger partial charge in [0.15, 0.2) is 0 Å². The van der Waals surface area contributed by atoms with Crippen LogP contribution in [0.15, 0.2) is 24.8 Å². The fourth-order valence-electron chi connectivity index (χ4n) is 1.38. The maximum absolute atomic E-state index is 13.0. The number of hydrogen-bond acceptors (Lipinski definition) is 3. The third-order valence-corrected chi connectivity index (χ3v) is 2.21. The Morgan fingerprint density at radius 1 is 1.62 bits per heavy atom. The van der Waals surface area contributed by atoms with Crippen LogP contribution in [0.25, 0.3) is 6.08 Å². The molecule has 0 aliphatic heterocycles. The molecule has 0 aliphatic carbocycles. The highest BCUT2D eigenvalue weighted by atomic mass is 19.1. The van der Waals surface area contributed by atoms with Gasteiger partial charge in [0.05, 0.1) is 7.11 Å². The number of ether oxygens (including phenoxy) is 1. The van der Waals surface area contributed by atoms with Crippen LogP contribution < -0.4 is 4.90 Å². The summed E-state index contributed by atoms with van der Waals surface area (Å²) in [4.78, 5) is 12.8. The predicted molar refractivity (Wildman–Crippen MR) is 61.8 cm³/mol. The van der Waals surface area contributed by atoms with Gasteiger partial charge in [0.1, 0.15) is 12.4 Å². The van der Waals surface area contributed by atoms with Crippen molar-refractivity contribution < 1.29 is 13.9 Å². The molecule has 1 aromatic rings. The number of nitrogens with zero attached hydrogens (tertiary/aromatic N) is 1. The minimum atomic E-state index is -0.346. The lowest BCUT2D eigenvalue weighted by atomic mass is 10.1. The van der Waals surface area contributed by atoms with E-state index in [1.54, 1.807) is 24.1 Å². The third-order valence-electron chi connectivity index (χ3n) is 2.21. The van der Waals surface area contributed by atoms with Crippen molar-refractivity contribution in [3.05, 3.63) is 36.2 Å². The molecule has 3 nitrogen and oxygen atoms in total. The average Bonchev–Trinajstić information content (AvgIpc) is 2.28. The van der Waals surface area contributed by atoms with Crippen LogP contribution in [0.5, 0.6) is 0 Å². The zero-order valence-corrected chi connectivity index (χ0v) is 9.37. The first-order valence-electron chi connectivity index (χ1n) is 4.78. The Morgan fingerprint density at radius 2 is 2.31 bits per heavy atom. The fourth-order valence-corrected chi connectivity index (χ4v) is 1.38. The number of methoxy groups -OCH3 is 1. The van der Waals surface area contributed by atoms with Gasteiger partial charge in [-0.15, -0.1) is 0 Å². The zero-order valence-electron chi connectivity index (χ0n) is 9.37. The minimum Gasteiger partial charge on any atom is -0.468 e. The lowest BCUT2D eigenvalue weighted by Gasteiger charge is -2.20. The highest BCUT2D eigenvalue weighted by Gasteiger charge is 2.10. The van der Waals surface area contributed by atoms with Gasteiger partial charge in [-0.2, -0.15) is 0 Å². The Morgan fingerprint density at radius 3 is 2.88 bits per heavy atom. The van der Waals surface area contributed by atoms with Gasteiger partial charge in [-0.25, -0.2) is 4.39 Å². The molecule has 0 unspecified atom stereocenters. The molecule has 1 rings (SSSR count). The van der Waals surface area contributed by atoms with Crippen LogP contribution in [0.1, 0.15) is 5.56 Å². The quantitative estimate of drug-likeness (QED) is 0.732. The van der Waals surface area contributed by atoms with E-state index in [2.05, 4.69) is 11.3 Å². The molecule has 0 bridgehead atoms. The molecule has 86 valence electrons. The Kier molecular flexibility index (Phi) is 4.05. The molecule has 1 aromatic carbocycles. The number of halogens is 1. The standard InChI is InChI=1S/C12H14FNO2/c1-4-9-7-10(13)5-6-11(9)14(2)8-12(15)16-3/h4-7H,1,8H2,2-3H3. The summed E-state index contributed by atoms with van der Waals surface area (Å²) >= 11 is 0. The van der Waals surface area contributed by atoms with Crippen molar-refractivity contribution in [3.63, 3.8) is 0 Å². The van der Waals surface area contributed by atoms with E-state index in [9.17, 15) is 9.18 Å². The first-order valence-corrected chi connectivity index (χ1v) is 4.78. The highest BCUT2D eigenvalue weighted by Crippen LogP contribution is 2.21. The number of benzene rings is 1. The van der Waals surface area contributed by atoms with Crippen molar-refractivity contribution in [2.75, 3.05) is 25.6 Å². The topological polar surface area (TPSA) is 29.5 Å². The van der Waals surface area contributed by atoms with E-state index in [1.807, 2.05) is 0 Å². The van der Waals surface area contributed by atoms with Crippen molar-refractivity contribution >= 4 is 17.7 Å². The number of likely N-dealkylation sites (N-methyl/N-ethyl adjacent to an activating group) is 1. The molecule has 0 aliphatic rings. The second-order valence-corrected chi connectivity index (χ2v) is 3.34. The van der Waals surface area contributed by atoms with Gasteiger partial charge in [-0.3, -0.25) is 4.79 Å². The van der Waals surface area contributed by atoms with E-state index >= 15 is 0 Å². The van der Waals surface area contributed by atoms with Crippen LogP contribution >= 0.6 is 0 Å². The van der Waals surface area contributed by atoms with Crippen molar-refractivity contribution in [3.8, 4) is 0 Å². The maximum atomic E-state index is 13.0. The molecule has 0 saturated carbocycles. The minimum absolute atomic E-state index is 0.114. The van der Waals surface area contributed by atoms with Gasteiger partial charge in [0.25, 0.3) is 0 Å². The number of hydrogen-bond donors (Lipinski definition) is 0. The molecule has 0 N–H and O–H groups in total. The molecule has 0 amide bonds. The molecule has 0 spiro atoms. The van der Waals surface area contributed by atoms with Crippen LogP contribution in [0, 0.1) is 5.82 Å². The maximum Gasteiger partial charge on any atom is 0.325 e. The molecule has 16 heavy (non-hydrogen) atoms. The number of esters is 1. The van der Waals surface area contributed by atoms with Crippen LogP contribution in [-0.4, -0.2) is 26.7 Å². The number of anilines is 1. The summed E-state index contributed by atoms with van der Waals surface area (Å²) in [5.41, 5.74) is 1.38. The largest absolute Gasteiger partial charge is 0.468 e. The van der Waals surface area contributed by atoms with E-state index in [1.165, 1.54) is 19.2 Å². The van der Waals surface area contributed by atoms with Gasteiger partial charge in [-0.05, 0) is 18.2 Å². The van der Waals surface area contributed by atoms with Crippen molar-refractivity contribution in [2.45, 2.75) is 0 Å². The molecule has 4 heteroatoms. The Hall–Kier alpha value is -1.84. The molecular weight excluding hydrogens is 209 g/mol.